The lowest BCUT2D eigenvalue weighted by Gasteiger charge is -2.11. The Hall–Kier alpha value is -3.20. The van der Waals surface area contributed by atoms with Crippen molar-refractivity contribution in [3.05, 3.63) is 94.5 Å². The number of carbonyl (C=O) groups is 2. The molecule has 0 aliphatic carbocycles. The van der Waals surface area contributed by atoms with E-state index in [4.69, 9.17) is 4.74 Å². The van der Waals surface area contributed by atoms with Crippen LogP contribution in [0.25, 0.3) is 11.1 Å². The molecule has 0 amide bonds. The third kappa shape index (κ3) is 4.14. The van der Waals surface area contributed by atoms with Gasteiger partial charge in [0.2, 0.25) is 5.78 Å². The van der Waals surface area contributed by atoms with Crippen LogP contribution in [0.4, 0.5) is 0 Å². The molecule has 0 aliphatic rings. The van der Waals surface area contributed by atoms with Gasteiger partial charge in [-0.2, -0.15) is 0 Å². The zero-order chi connectivity index (χ0) is 19.4. The fourth-order valence-electron chi connectivity index (χ4n) is 3.08. The number of rotatable bonds is 5. The molecule has 27 heavy (non-hydrogen) atoms. The molecule has 0 atom stereocenters. The molecule has 136 valence electrons. The molecular weight excluding hydrogens is 336 g/mol. The molecule has 0 saturated heterocycles. The summed E-state index contributed by atoms with van der Waals surface area (Å²) < 4.78 is 5.34. The summed E-state index contributed by atoms with van der Waals surface area (Å²) in [7, 11) is 0. The van der Waals surface area contributed by atoms with E-state index < -0.39 is 5.97 Å². The van der Waals surface area contributed by atoms with E-state index in [1.54, 1.807) is 12.1 Å². The molecule has 0 radical (unpaired) electrons. The predicted octanol–water partition coefficient (Wildman–Crippen LogP) is 5.32. The third-order valence-corrected chi connectivity index (χ3v) is 4.71. The fourth-order valence-corrected chi connectivity index (χ4v) is 3.08. The largest absolute Gasteiger partial charge is 0.454 e. The predicted molar refractivity (Wildman–Crippen MR) is 107 cm³/mol. The first-order chi connectivity index (χ1) is 13.0. The van der Waals surface area contributed by atoms with Crippen molar-refractivity contribution in [1.29, 1.82) is 0 Å². The molecular formula is C24H22O3. The standard InChI is InChI=1S/C24H22O3/c1-16-13-18(3)22(14-17(16)2)23(25)15-27-24(26)21-12-8-7-11-20(21)19-9-5-4-6-10-19/h4-14H,15H2,1-3H3. The zero-order valence-electron chi connectivity index (χ0n) is 15.8. The average molecular weight is 358 g/mol. The molecule has 3 nitrogen and oxygen atoms in total. The molecule has 0 unspecified atom stereocenters. The molecule has 0 fully saturated rings. The van der Waals surface area contributed by atoms with Gasteiger partial charge in [-0.25, -0.2) is 4.79 Å². The van der Waals surface area contributed by atoms with Crippen LogP contribution in [-0.2, 0) is 4.74 Å². The SMILES string of the molecule is Cc1cc(C)c(C(=O)COC(=O)c2ccccc2-c2ccccc2)cc1C. The van der Waals surface area contributed by atoms with Crippen molar-refractivity contribution in [3.8, 4) is 11.1 Å². The Morgan fingerprint density at radius 2 is 1.37 bits per heavy atom. The van der Waals surface area contributed by atoms with Crippen LogP contribution < -0.4 is 0 Å². The average Bonchev–Trinajstić information content (AvgIpc) is 2.69. The first kappa shape index (κ1) is 18.6. The van der Waals surface area contributed by atoms with Crippen molar-refractivity contribution in [2.24, 2.45) is 0 Å². The lowest BCUT2D eigenvalue weighted by Crippen LogP contribution is -2.16. The summed E-state index contributed by atoms with van der Waals surface area (Å²) in [4.78, 5) is 25.1. The van der Waals surface area contributed by atoms with Crippen LogP contribution >= 0.6 is 0 Å². The number of ketones is 1. The highest BCUT2D eigenvalue weighted by Crippen LogP contribution is 2.24. The highest BCUT2D eigenvalue weighted by Gasteiger charge is 2.17. The van der Waals surface area contributed by atoms with E-state index in [1.807, 2.05) is 75.4 Å². The van der Waals surface area contributed by atoms with Gasteiger partial charge in [-0.3, -0.25) is 4.79 Å². The molecule has 3 aromatic carbocycles. The second-order valence-corrected chi connectivity index (χ2v) is 6.66. The van der Waals surface area contributed by atoms with Gasteiger partial charge in [-0.1, -0.05) is 54.6 Å². The molecule has 0 N–H and O–H groups in total. The Labute approximate surface area is 159 Å². The number of carbonyl (C=O) groups excluding carboxylic acids is 2. The van der Waals surface area contributed by atoms with E-state index in [0.29, 0.717) is 11.1 Å². The molecule has 0 bridgehead atoms. The van der Waals surface area contributed by atoms with Crippen molar-refractivity contribution < 1.29 is 14.3 Å². The molecule has 0 aliphatic heterocycles. The van der Waals surface area contributed by atoms with Gasteiger partial charge in [0.1, 0.15) is 0 Å². The highest BCUT2D eigenvalue weighted by molar-refractivity contribution is 6.02. The normalized spacial score (nSPS) is 10.5. The molecule has 3 rings (SSSR count). The lowest BCUT2D eigenvalue weighted by molar-refractivity contribution is 0.0475. The van der Waals surface area contributed by atoms with Crippen LogP contribution in [0.1, 0.15) is 37.4 Å². The molecule has 0 aromatic heterocycles. The number of benzene rings is 3. The summed E-state index contributed by atoms with van der Waals surface area (Å²) in [6.45, 7) is 5.60. The molecule has 3 heteroatoms. The number of Topliss-reactive ketones (excluding diaryl/α,β-unsaturated/α-hetero) is 1. The first-order valence-corrected chi connectivity index (χ1v) is 8.90. The van der Waals surface area contributed by atoms with E-state index in [1.165, 1.54) is 0 Å². The van der Waals surface area contributed by atoms with E-state index in [0.717, 1.165) is 27.8 Å². The minimum atomic E-state index is -0.496. The van der Waals surface area contributed by atoms with E-state index in [2.05, 4.69) is 0 Å². The molecule has 0 spiro atoms. The van der Waals surface area contributed by atoms with Gasteiger partial charge >= 0.3 is 5.97 Å². The van der Waals surface area contributed by atoms with Gasteiger partial charge < -0.3 is 4.74 Å². The molecule has 0 heterocycles. The Morgan fingerprint density at radius 1 is 0.741 bits per heavy atom. The third-order valence-electron chi connectivity index (χ3n) is 4.71. The van der Waals surface area contributed by atoms with Gasteiger partial charge in [0, 0.05) is 5.56 Å². The Kier molecular flexibility index (Phi) is 5.51. The van der Waals surface area contributed by atoms with Crippen molar-refractivity contribution >= 4 is 11.8 Å². The van der Waals surface area contributed by atoms with E-state index >= 15 is 0 Å². The van der Waals surface area contributed by atoms with Crippen molar-refractivity contribution in [2.75, 3.05) is 6.61 Å². The number of hydrogen-bond acceptors (Lipinski definition) is 3. The van der Waals surface area contributed by atoms with Crippen LogP contribution in [0.15, 0.2) is 66.7 Å². The van der Waals surface area contributed by atoms with Crippen LogP contribution in [0, 0.1) is 20.8 Å². The summed E-state index contributed by atoms with van der Waals surface area (Å²) in [6, 6.07) is 20.7. The number of ether oxygens (including phenoxy) is 1. The maximum Gasteiger partial charge on any atom is 0.339 e. The molecule has 3 aromatic rings. The quantitative estimate of drug-likeness (QED) is 0.458. The van der Waals surface area contributed by atoms with Gasteiger partial charge in [0.25, 0.3) is 0 Å². The van der Waals surface area contributed by atoms with Gasteiger partial charge in [-0.15, -0.1) is 0 Å². The van der Waals surface area contributed by atoms with E-state index in [9.17, 15) is 9.59 Å². The minimum Gasteiger partial charge on any atom is -0.454 e. The highest BCUT2D eigenvalue weighted by atomic mass is 16.5. The van der Waals surface area contributed by atoms with Gasteiger partial charge in [0.15, 0.2) is 6.61 Å². The maximum absolute atomic E-state index is 12.6. The number of esters is 1. The summed E-state index contributed by atoms with van der Waals surface area (Å²) >= 11 is 0. The summed E-state index contributed by atoms with van der Waals surface area (Å²) in [6.07, 6.45) is 0. The fraction of sp³-hybridized carbons (Fsp3) is 0.167. The maximum atomic E-state index is 12.6. The van der Waals surface area contributed by atoms with Crippen LogP contribution in [0.3, 0.4) is 0 Å². The van der Waals surface area contributed by atoms with Crippen molar-refractivity contribution in [2.45, 2.75) is 20.8 Å². The van der Waals surface area contributed by atoms with Gasteiger partial charge in [0.05, 0.1) is 5.56 Å². The summed E-state index contributed by atoms with van der Waals surface area (Å²) in [5.74, 6) is -0.689. The number of hydrogen-bond donors (Lipinski definition) is 0. The van der Waals surface area contributed by atoms with Crippen molar-refractivity contribution in [1.82, 2.24) is 0 Å². The monoisotopic (exact) mass is 358 g/mol. The second kappa shape index (κ2) is 8.00. The second-order valence-electron chi connectivity index (χ2n) is 6.66. The minimum absolute atomic E-state index is 0.193. The first-order valence-electron chi connectivity index (χ1n) is 8.90. The van der Waals surface area contributed by atoms with E-state index in [-0.39, 0.29) is 12.4 Å². The topological polar surface area (TPSA) is 43.4 Å². The van der Waals surface area contributed by atoms with Crippen LogP contribution in [-0.4, -0.2) is 18.4 Å². The smallest absolute Gasteiger partial charge is 0.339 e. The Bertz CT molecular complexity index is 988. The van der Waals surface area contributed by atoms with Gasteiger partial charge in [-0.05, 0) is 60.7 Å². The zero-order valence-corrected chi connectivity index (χ0v) is 15.8. The summed E-state index contributed by atoms with van der Waals surface area (Å²) in [5.41, 5.74) is 5.85. The summed E-state index contributed by atoms with van der Waals surface area (Å²) in [5, 5.41) is 0. The van der Waals surface area contributed by atoms with Crippen LogP contribution in [0.5, 0.6) is 0 Å². The van der Waals surface area contributed by atoms with Crippen LogP contribution in [0.2, 0.25) is 0 Å². The Morgan fingerprint density at radius 3 is 2.11 bits per heavy atom. The molecule has 0 saturated carbocycles. The number of aryl methyl sites for hydroxylation is 3. The lowest BCUT2D eigenvalue weighted by atomic mass is 9.98. The van der Waals surface area contributed by atoms with Crippen molar-refractivity contribution in [3.63, 3.8) is 0 Å². The Balaban J connectivity index is 1.78.